The second kappa shape index (κ2) is 14.8. The molecule has 0 aromatic carbocycles. The van der Waals surface area contributed by atoms with E-state index in [4.69, 9.17) is 10.5 Å². The van der Waals surface area contributed by atoms with Crippen molar-refractivity contribution in [2.24, 2.45) is 5.73 Å². The van der Waals surface area contributed by atoms with Crippen molar-refractivity contribution in [3.63, 3.8) is 0 Å². The van der Waals surface area contributed by atoms with E-state index in [0.717, 1.165) is 31.3 Å². The van der Waals surface area contributed by atoms with Crippen LogP contribution in [0.5, 0.6) is 0 Å². The first-order valence-corrected chi connectivity index (χ1v) is 8.86. The second-order valence-electron chi connectivity index (χ2n) is 5.01. The van der Waals surface area contributed by atoms with Crippen LogP contribution in [-0.2, 0) is 9.53 Å². The Kier molecular flexibility index (Phi) is 15.6. The normalized spacial score (nSPS) is 17.5. The number of carbonyl (C=O) groups excluding carboxylic acids is 1. The summed E-state index contributed by atoms with van der Waals surface area (Å²) in [4.78, 5) is 12.1. The maximum Gasteiger partial charge on any atom is 0.326 e. The number of ether oxygens (including phenoxy) is 1. The quantitative estimate of drug-likeness (QED) is 0.443. The van der Waals surface area contributed by atoms with Crippen LogP contribution in [0, 0.1) is 0 Å². The third-order valence-electron chi connectivity index (χ3n) is 3.52. The van der Waals surface area contributed by atoms with Crippen LogP contribution < -0.4 is 5.73 Å². The molecule has 0 aromatic rings. The number of rotatable bonds is 4. The molecule has 1 fully saturated rings. The first-order chi connectivity index (χ1) is 10.6. The van der Waals surface area contributed by atoms with Gasteiger partial charge in [0, 0.05) is 0 Å². The zero-order chi connectivity index (χ0) is 17.4. The lowest BCUT2D eigenvalue weighted by molar-refractivity contribution is -0.149. The van der Waals surface area contributed by atoms with Gasteiger partial charge in [-0.3, -0.25) is 4.79 Å². The van der Waals surface area contributed by atoms with Gasteiger partial charge in [-0.2, -0.15) is 0 Å². The monoisotopic (exact) mass is 311 g/mol. The van der Waals surface area contributed by atoms with Crippen molar-refractivity contribution >= 4 is 5.97 Å². The number of hydrogen-bond donors (Lipinski definition) is 1. The highest BCUT2D eigenvalue weighted by Gasteiger charge is 2.35. The average molecular weight is 312 g/mol. The Morgan fingerprint density at radius 2 is 1.55 bits per heavy atom. The van der Waals surface area contributed by atoms with Crippen molar-refractivity contribution in [2.75, 3.05) is 6.61 Å². The van der Waals surface area contributed by atoms with E-state index in [1.165, 1.54) is 12.8 Å². The molecule has 1 aliphatic rings. The van der Waals surface area contributed by atoms with Gasteiger partial charge in [0.05, 0.1) is 0 Å². The molecule has 0 aliphatic heterocycles. The van der Waals surface area contributed by atoms with Crippen LogP contribution in [0.25, 0.3) is 0 Å². The van der Waals surface area contributed by atoms with E-state index in [2.05, 4.69) is 0 Å². The molecule has 130 valence electrons. The van der Waals surface area contributed by atoms with Gasteiger partial charge in [-0.15, -0.1) is 0 Å². The molecule has 2 N–H and O–H groups in total. The van der Waals surface area contributed by atoms with E-state index in [1.807, 2.05) is 59.8 Å². The first kappa shape index (κ1) is 23.2. The maximum atomic E-state index is 12.1. The summed E-state index contributed by atoms with van der Waals surface area (Å²) in [6.07, 6.45) is 11.7. The number of hydrogen-bond acceptors (Lipinski definition) is 3. The summed E-state index contributed by atoms with van der Waals surface area (Å²) in [5.74, 6) is -0.242. The van der Waals surface area contributed by atoms with Gasteiger partial charge in [0.25, 0.3) is 0 Å². The summed E-state index contributed by atoms with van der Waals surface area (Å²) in [5, 5.41) is 0. The zero-order valence-electron chi connectivity index (χ0n) is 15.6. The molecule has 1 aliphatic carbocycles. The highest BCUT2D eigenvalue weighted by molar-refractivity contribution is 5.80. The Labute approximate surface area is 138 Å². The van der Waals surface area contributed by atoms with Crippen molar-refractivity contribution in [1.29, 1.82) is 0 Å². The number of carbonyl (C=O) groups is 1. The first-order valence-electron chi connectivity index (χ1n) is 8.86. The average Bonchev–Trinajstić information content (AvgIpc) is 2.80. The zero-order valence-corrected chi connectivity index (χ0v) is 15.6. The Bertz CT molecular complexity index is 324. The fourth-order valence-electron chi connectivity index (χ4n) is 2.30. The standard InChI is InChI=1S/C15H25NO2.2C2H6/c1-3-9-13(4-2)12-18-14(17)15(16)10-7-5-6-8-11-15;2*1-2/h3-4,9H,5-8,10-12,16H2,1-2H3;2*1-2H3/b9-3-,13-4+;;. The van der Waals surface area contributed by atoms with Crippen LogP contribution in [0.2, 0.25) is 0 Å². The third-order valence-corrected chi connectivity index (χ3v) is 3.52. The van der Waals surface area contributed by atoms with Gasteiger partial charge >= 0.3 is 5.97 Å². The second-order valence-corrected chi connectivity index (χ2v) is 5.01. The van der Waals surface area contributed by atoms with Crippen molar-refractivity contribution in [1.82, 2.24) is 0 Å². The number of allylic oxidation sites excluding steroid dienone is 2. The van der Waals surface area contributed by atoms with E-state index in [1.54, 1.807) is 0 Å². The molecular weight excluding hydrogens is 274 g/mol. The minimum atomic E-state index is -0.759. The number of nitrogens with two attached hydrogens (primary N) is 1. The van der Waals surface area contributed by atoms with Crippen molar-refractivity contribution in [3.05, 3.63) is 23.8 Å². The Hall–Kier alpha value is -1.09. The molecule has 1 rings (SSSR count). The highest BCUT2D eigenvalue weighted by atomic mass is 16.5. The van der Waals surface area contributed by atoms with Crippen LogP contribution in [0.4, 0.5) is 0 Å². The van der Waals surface area contributed by atoms with Crippen LogP contribution in [-0.4, -0.2) is 18.1 Å². The lowest BCUT2D eigenvalue weighted by Crippen LogP contribution is -2.48. The van der Waals surface area contributed by atoms with Crippen LogP contribution in [0.3, 0.4) is 0 Å². The van der Waals surface area contributed by atoms with Gasteiger partial charge in [-0.25, -0.2) is 0 Å². The molecule has 0 amide bonds. The third kappa shape index (κ3) is 9.04. The molecule has 0 unspecified atom stereocenters. The largest absolute Gasteiger partial charge is 0.459 e. The molecule has 0 heterocycles. The van der Waals surface area contributed by atoms with E-state index in [-0.39, 0.29) is 5.97 Å². The summed E-state index contributed by atoms with van der Waals surface area (Å²) in [5.41, 5.74) is 6.44. The molecule has 0 spiro atoms. The summed E-state index contributed by atoms with van der Waals surface area (Å²) < 4.78 is 5.36. The molecule has 0 aromatic heterocycles. The minimum Gasteiger partial charge on any atom is -0.459 e. The van der Waals surface area contributed by atoms with Gasteiger partial charge in [-0.1, -0.05) is 71.6 Å². The molecular formula is C19H37NO2. The van der Waals surface area contributed by atoms with Gasteiger partial charge in [0.15, 0.2) is 0 Å². The molecule has 0 atom stereocenters. The predicted molar refractivity (Wildman–Crippen MR) is 96.8 cm³/mol. The van der Waals surface area contributed by atoms with Gasteiger partial charge in [0.1, 0.15) is 12.1 Å². The SMILES string of the molecule is C/C=C\C(=C/C)COC(=O)C1(N)CCCCCC1.CC.CC. The smallest absolute Gasteiger partial charge is 0.326 e. The highest BCUT2D eigenvalue weighted by Crippen LogP contribution is 2.26. The summed E-state index contributed by atoms with van der Waals surface area (Å²) in [7, 11) is 0. The lowest BCUT2D eigenvalue weighted by atomic mass is 9.92. The van der Waals surface area contributed by atoms with Gasteiger partial charge in [-0.05, 0) is 32.3 Å². The van der Waals surface area contributed by atoms with E-state index in [9.17, 15) is 4.79 Å². The molecule has 22 heavy (non-hydrogen) atoms. The molecule has 0 bridgehead atoms. The van der Waals surface area contributed by atoms with Gasteiger partial charge < -0.3 is 10.5 Å². The molecule has 0 radical (unpaired) electrons. The van der Waals surface area contributed by atoms with E-state index < -0.39 is 5.54 Å². The predicted octanol–water partition coefficient (Wildman–Crippen LogP) is 5.16. The molecule has 1 saturated carbocycles. The van der Waals surface area contributed by atoms with Crippen molar-refractivity contribution in [2.45, 2.75) is 85.6 Å². The van der Waals surface area contributed by atoms with E-state index >= 15 is 0 Å². The van der Waals surface area contributed by atoms with E-state index in [0.29, 0.717) is 6.61 Å². The Morgan fingerprint density at radius 1 is 1.05 bits per heavy atom. The number of esters is 1. The Morgan fingerprint density at radius 3 is 1.95 bits per heavy atom. The molecule has 0 saturated heterocycles. The van der Waals surface area contributed by atoms with Crippen molar-refractivity contribution in [3.8, 4) is 0 Å². The summed E-state index contributed by atoms with van der Waals surface area (Å²) in [6, 6.07) is 0. The van der Waals surface area contributed by atoms with Crippen LogP contribution in [0.15, 0.2) is 23.8 Å². The van der Waals surface area contributed by atoms with Crippen LogP contribution in [0.1, 0.15) is 80.1 Å². The summed E-state index contributed by atoms with van der Waals surface area (Å²) >= 11 is 0. The Balaban J connectivity index is 0. The fraction of sp³-hybridized carbons (Fsp3) is 0.737. The minimum absolute atomic E-state index is 0.242. The molecule has 3 nitrogen and oxygen atoms in total. The molecule has 3 heteroatoms. The topological polar surface area (TPSA) is 52.3 Å². The van der Waals surface area contributed by atoms with Crippen molar-refractivity contribution < 1.29 is 9.53 Å². The van der Waals surface area contributed by atoms with Gasteiger partial charge in [0.2, 0.25) is 0 Å². The summed E-state index contributed by atoms with van der Waals surface area (Å²) in [6.45, 7) is 12.2. The fourth-order valence-corrected chi connectivity index (χ4v) is 2.30. The lowest BCUT2D eigenvalue weighted by Gasteiger charge is -2.25. The van der Waals surface area contributed by atoms with Crippen LogP contribution >= 0.6 is 0 Å². The maximum absolute atomic E-state index is 12.1.